The van der Waals surface area contributed by atoms with Crippen molar-refractivity contribution < 1.29 is 27.1 Å². The topological polar surface area (TPSA) is 43.6 Å². The third kappa shape index (κ3) is 6.28. The molecule has 4 nitrogen and oxygen atoms in total. The number of halogens is 4. The van der Waals surface area contributed by atoms with Crippen LogP contribution in [0, 0.1) is 5.82 Å². The fourth-order valence-corrected chi connectivity index (χ4v) is 3.29. The van der Waals surface area contributed by atoms with Gasteiger partial charge in [-0.05, 0) is 23.8 Å². The van der Waals surface area contributed by atoms with Crippen molar-refractivity contribution in [2.24, 2.45) is 4.99 Å². The Bertz CT molecular complexity index is 1060. The molecule has 1 aromatic heterocycles. The first-order valence-electron chi connectivity index (χ1n) is 8.53. The summed E-state index contributed by atoms with van der Waals surface area (Å²) in [4.78, 5) is 16.8. The lowest BCUT2D eigenvalue weighted by atomic mass is 10.1. The molecule has 9 heteroatoms. The molecule has 3 aromatic rings. The average molecular weight is 424 g/mol. The Morgan fingerprint density at radius 3 is 2.69 bits per heavy atom. The normalized spacial score (nSPS) is 12.2. The van der Waals surface area contributed by atoms with E-state index in [-0.39, 0.29) is 24.5 Å². The van der Waals surface area contributed by atoms with Gasteiger partial charge in [0.05, 0.1) is 13.0 Å². The molecule has 0 saturated heterocycles. The van der Waals surface area contributed by atoms with Crippen molar-refractivity contribution in [3.8, 4) is 5.75 Å². The third-order valence-electron chi connectivity index (χ3n) is 3.84. The molecule has 0 saturated carbocycles. The molecule has 0 spiro atoms. The summed E-state index contributed by atoms with van der Waals surface area (Å²) in [6.07, 6.45) is -2.83. The maximum absolute atomic E-state index is 13.8. The quantitative estimate of drug-likeness (QED) is 0.553. The van der Waals surface area contributed by atoms with E-state index < -0.39 is 18.7 Å². The Kier molecular flexibility index (Phi) is 6.48. The van der Waals surface area contributed by atoms with E-state index in [0.29, 0.717) is 15.9 Å². The molecule has 0 atom stereocenters. The molecule has 152 valence electrons. The van der Waals surface area contributed by atoms with E-state index in [4.69, 9.17) is 4.74 Å². The van der Waals surface area contributed by atoms with Crippen LogP contribution in [0.15, 0.2) is 65.1 Å². The van der Waals surface area contributed by atoms with E-state index in [1.165, 1.54) is 35.6 Å². The highest BCUT2D eigenvalue weighted by Crippen LogP contribution is 2.19. The zero-order valence-electron chi connectivity index (χ0n) is 15.0. The summed E-state index contributed by atoms with van der Waals surface area (Å²) in [5.74, 6) is -0.791. The number of amides is 1. The van der Waals surface area contributed by atoms with Gasteiger partial charge in [-0.3, -0.25) is 4.79 Å². The molecule has 2 aromatic carbocycles. The highest BCUT2D eigenvalue weighted by atomic mass is 32.1. The lowest BCUT2D eigenvalue weighted by Gasteiger charge is -2.09. The Balaban J connectivity index is 1.71. The van der Waals surface area contributed by atoms with Gasteiger partial charge in [0.2, 0.25) is 0 Å². The first-order chi connectivity index (χ1) is 13.8. The predicted octanol–water partition coefficient (Wildman–Crippen LogP) is 4.35. The lowest BCUT2D eigenvalue weighted by molar-refractivity contribution is -0.153. The number of carbonyl (C=O) groups is 1. The second-order valence-electron chi connectivity index (χ2n) is 6.14. The lowest BCUT2D eigenvalue weighted by Crippen LogP contribution is -2.19. The van der Waals surface area contributed by atoms with Crippen LogP contribution >= 0.6 is 11.3 Å². The second-order valence-corrected chi connectivity index (χ2v) is 7.01. The van der Waals surface area contributed by atoms with Crippen LogP contribution in [0.3, 0.4) is 0 Å². The molecule has 3 rings (SSSR count). The number of carbonyl (C=O) groups excluding carboxylic acids is 1. The molecule has 0 radical (unpaired) electrons. The van der Waals surface area contributed by atoms with Gasteiger partial charge < -0.3 is 9.30 Å². The van der Waals surface area contributed by atoms with Crippen molar-refractivity contribution in [1.82, 2.24) is 4.57 Å². The minimum atomic E-state index is -4.44. The van der Waals surface area contributed by atoms with Gasteiger partial charge in [-0.1, -0.05) is 30.3 Å². The summed E-state index contributed by atoms with van der Waals surface area (Å²) < 4.78 is 57.0. The maximum Gasteiger partial charge on any atom is 0.422 e. The Morgan fingerprint density at radius 2 is 1.93 bits per heavy atom. The van der Waals surface area contributed by atoms with Crippen LogP contribution < -0.4 is 9.54 Å². The van der Waals surface area contributed by atoms with Crippen molar-refractivity contribution >= 4 is 17.2 Å². The van der Waals surface area contributed by atoms with Crippen molar-refractivity contribution in [2.45, 2.75) is 19.1 Å². The van der Waals surface area contributed by atoms with Crippen LogP contribution in [0.4, 0.5) is 17.6 Å². The summed E-state index contributed by atoms with van der Waals surface area (Å²) in [6.45, 7) is -1.18. The van der Waals surface area contributed by atoms with Gasteiger partial charge in [0.15, 0.2) is 11.4 Å². The number of thiazole rings is 1. The summed E-state index contributed by atoms with van der Waals surface area (Å²) in [6, 6.07) is 12.2. The van der Waals surface area contributed by atoms with Gasteiger partial charge >= 0.3 is 6.18 Å². The standard InChI is InChI=1S/C20H16F4N2O2S/c21-17-7-2-1-5-15(17)12-26-8-9-29-19(26)25-18(27)11-14-4-3-6-16(10-14)28-13-20(22,23)24/h1-10H,11-13H2. The molecule has 0 fully saturated rings. The summed E-state index contributed by atoms with van der Waals surface area (Å²) in [7, 11) is 0. The van der Waals surface area contributed by atoms with E-state index in [2.05, 4.69) is 4.99 Å². The molecule has 0 N–H and O–H groups in total. The zero-order valence-corrected chi connectivity index (χ0v) is 15.8. The average Bonchev–Trinajstić information content (AvgIpc) is 3.08. The molecule has 0 bridgehead atoms. The number of hydrogen-bond donors (Lipinski definition) is 0. The van der Waals surface area contributed by atoms with Crippen LogP contribution in [-0.4, -0.2) is 23.3 Å². The first-order valence-corrected chi connectivity index (χ1v) is 9.41. The van der Waals surface area contributed by atoms with E-state index in [1.807, 2.05) is 0 Å². The number of benzene rings is 2. The molecule has 0 aliphatic rings. The van der Waals surface area contributed by atoms with Crippen LogP contribution in [-0.2, 0) is 17.8 Å². The minimum absolute atomic E-state index is 0.0263. The minimum Gasteiger partial charge on any atom is -0.484 e. The number of nitrogens with zero attached hydrogens (tertiary/aromatic N) is 2. The van der Waals surface area contributed by atoms with Crippen molar-refractivity contribution in [3.05, 3.63) is 81.9 Å². The van der Waals surface area contributed by atoms with E-state index in [0.717, 1.165) is 0 Å². The van der Waals surface area contributed by atoms with Crippen LogP contribution in [0.2, 0.25) is 0 Å². The molecule has 29 heavy (non-hydrogen) atoms. The first kappa shape index (κ1) is 20.8. The monoisotopic (exact) mass is 424 g/mol. The van der Waals surface area contributed by atoms with Crippen LogP contribution in [0.1, 0.15) is 11.1 Å². The fraction of sp³-hybridized carbons (Fsp3) is 0.200. The maximum atomic E-state index is 13.8. The molecule has 0 unspecified atom stereocenters. The highest BCUT2D eigenvalue weighted by Gasteiger charge is 2.28. The van der Waals surface area contributed by atoms with E-state index >= 15 is 0 Å². The third-order valence-corrected chi connectivity index (χ3v) is 4.63. The zero-order chi connectivity index (χ0) is 20.9. The molecule has 1 heterocycles. The van der Waals surface area contributed by atoms with Crippen LogP contribution in [0.25, 0.3) is 0 Å². The SMILES string of the molecule is O=C(Cc1cccc(OCC(F)(F)F)c1)N=c1sccn1Cc1ccccc1F. The molecule has 0 aliphatic carbocycles. The van der Waals surface area contributed by atoms with Gasteiger partial charge in [-0.2, -0.15) is 18.2 Å². The molecular weight excluding hydrogens is 408 g/mol. The number of ether oxygens (including phenoxy) is 1. The molecule has 1 amide bonds. The van der Waals surface area contributed by atoms with Gasteiger partial charge in [0.25, 0.3) is 5.91 Å². The molecular formula is C20H16F4N2O2S. The Morgan fingerprint density at radius 1 is 1.14 bits per heavy atom. The van der Waals surface area contributed by atoms with Gasteiger partial charge in [0, 0.05) is 17.1 Å². The van der Waals surface area contributed by atoms with Crippen molar-refractivity contribution in [3.63, 3.8) is 0 Å². The Labute approximate surface area is 167 Å². The Hall–Kier alpha value is -2.94. The largest absolute Gasteiger partial charge is 0.484 e. The smallest absolute Gasteiger partial charge is 0.422 e. The number of hydrogen-bond acceptors (Lipinski definition) is 3. The van der Waals surface area contributed by atoms with Crippen molar-refractivity contribution in [2.75, 3.05) is 6.61 Å². The number of alkyl halides is 3. The van der Waals surface area contributed by atoms with Gasteiger partial charge in [-0.15, -0.1) is 11.3 Å². The second kappa shape index (κ2) is 9.04. The highest BCUT2D eigenvalue weighted by molar-refractivity contribution is 7.07. The van der Waals surface area contributed by atoms with Gasteiger partial charge in [-0.25, -0.2) is 4.39 Å². The molecule has 0 aliphatic heterocycles. The number of aromatic nitrogens is 1. The summed E-state index contributed by atoms with van der Waals surface area (Å²) >= 11 is 1.23. The van der Waals surface area contributed by atoms with E-state index in [1.54, 1.807) is 40.4 Å². The van der Waals surface area contributed by atoms with E-state index in [9.17, 15) is 22.4 Å². The van der Waals surface area contributed by atoms with Gasteiger partial charge in [0.1, 0.15) is 11.6 Å². The fourth-order valence-electron chi connectivity index (χ4n) is 2.55. The van der Waals surface area contributed by atoms with Crippen LogP contribution in [0.5, 0.6) is 5.75 Å². The van der Waals surface area contributed by atoms with Crippen molar-refractivity contribution in [1.29, 1.82) is 0 Å². The summed E-state index contributed by atoms with van der Waals surface area (Å²) in [5, 5.41) is 1.73. The predicted molar refractivity (Wildman–Crippen MR) is 100 cm³/mol. The number of rotatable bonds is 6. The summed E-state index contributed by atoms with van der Waals surface area (Å²) in [5.41, 5.74) is 0.949.